The number of pyridine rings is 2. The SMILES string of the molecule is CC(C)(C)OC(=O)Nc1cc2ccc(=O)[nH]c2c(N2CCC(F)(F)CC2)n1. The Hall–Kier alpha value is -2.71. The molecule has 1 aliphatic rings. The Morgan fingerprint density at radius 2 is 1.96 bits per heavy atom. The second-order valence-electron chi connectivity index (χ2n) is 7.59. The zero-order valence-corrected chi connectivity index (χ0v) is 15.4. The van der Waals surface area contributed by atoms with Gasteiger partial charge in [-0.25, -0.2) is 18.6 Å². The van der Waals surface area contributed by atoms with E-state index < -0.39 is 17.6 Å². The molecule has 0 atom stereocenters. The van der Waals surface area contributed by atoms with Crippen LogP contribution in [0.25, 0.3) is 10.9 Å². The predicted octanol–water partition coefficient (Wildman–Crippen LogP) is 3.51. The molecule has 1 saturated heterocycles. The van der Waals surface area contributed by atoms with Gasteiger partial charge in [0.15, 0.2) is 5.82 Å². The fourth-order valence-corrected chi connectivity index (χ4v) is 2.89. The van der Waals surface area contributed by atoms with E-state index in [-0.39, 0.29) is 37.3 Å². The van der Waals surface area contributed by atoms with E-state index >= 15 is 0 Å². The number of H-pyrrole nitrogens is 1. The maximum absolute atomic E-state index is 13.5. The van der Waals surface area contributed by atoms with Crippen molar-refractivity contribution in [2.24, 2.45) is 0 Å². The number of alkyl halides is 2. The van der Waals surface area contributed by atoms with Crippen molar-refractivity contribution in [3.8, 4) is 0 Å². The van der Waals surface area contributed by atoms with Crippen molar-refractivity contribution in [1.82, 2.24) is 9.97 Å². The lowest BCUT2D eigenvalue weighted by Crippen LogP contribution is -2.40. The van der Waals surface area contributed by atoms with Crippen LogP contribution in [-0.2, 0) is 4.74 Å². The summed E-state index contributed by atoms with van der Waals surface area (Å²) in [5.41, 5.74) is -0.545. The first-order chi connectivity index (χ1) is 12.5. The van der Waals surface area contributed by atoms with Gasteiger partial charge in [-0.2, -0.15) is 0 Å². The van der Waals surface area contributed by atoms with Gasteiger partial charge in [0.25, 0.3) is 5.92 Å². The number of hydrogen-bond donors (Lipinski definition) is 2. The van der Waals surface area contributed by atoms with Crippen LogP contribution >= 0.6 is 0 Å². The molecular weight excluding hydrogens is 358 g/mol. The number of rotatable bonds is 2. The van der Waals surface area contributed by atoms with Crippen LogP contribution in [0.15, 0.2) is 23.0 Å². The topological polar surface area (TPSA) is 87.3 Å². The summed E-state index contributed by atoms with van der Waals surface area (Å²) >= 11 is 0. The number of aromatic amines is 1. The molecule has 0 saturated carbocycles. The highest BCUT2D eigenvalue weighted by atomic mass is 19.3. The predicted molar refractivity (Wildman–Crippen MR) is 98.6 cm³/mol. The highest BCUT2D eigenvalue weighted by Crippen LogP contribution is 2.33. The summed E-state index contributed by atoms with van der Waals surface area (Å²) < 4.78 is 32.2. The maximum Gasteiger partial charge on any atom is 0.413 e. The average Bonchev–Trinajstić information content (AvgIpc) is 2.53. The van der Waals surface area contributed by atoms with E-state index in [0.717, 1.165) is 0 Å². The van der Waals surface area contributed by atoms with Gasteiger partial charge in [0.2, 0.25) is 5.56 Å². The van der Waals surface area contributed by atoms with Gasteiger partial charge >= 0.3 is 6.09 Å². The van der Waals surface area contributed by atoms with Crippen molar-refractivity contribution in [3.63, 3.8) is 0 Å². The molecule has 0 spiro atoms. The van der Waals surface area contributed by atoms with Crippen molar-refractivity contribution >= 4 is 28.6 Å². The summed E-state index contributed by atoms with van der Waals surface area (Å²) in [6, 6.07) is 4.54. The number of piperidine rings is 1. The van der Waals surface area contributed by atoms with Crippen LogP contribution < -0.4 is 15.8 Å². The Balaban J connectivity index is 1.96. The second-order valence-corrected chi connectivity index (χ2v) is 7.59. The van der Waals surface area contributed by atoms with Crippen LogP contribution in [0.4, 0.5) is 25.2 Å². The lowest BCUT2D eigenvalue weighted by Gasteiger charge is -2.33. The van der Waals surface area contributed by atoms with Crippen LogP contribution in [0.3, 0.4) is 0 Å². The normalized spacial score (nSPS) is 17.0. The molecule has 9 heteroatoms. The minimum Gasteiger partial charge on any atom is -0.444 e. The van der Waals surface area contributed by atoms with Gasteiger partial charge in [0.1, 0.15) is 11.4 Å². The van der Waals surface area contributed by atoms with E-state index in [1.54, 1.807) is 37.8 Å². The molecule has 3 heterocycles. The number of carbonyl (C=O) groups is 1. The lowest BCUT2D eigenvalue weighted by atomic mass is 10.1. The lowest BCUT2D eigenvalue weighted by molar-refractivity contribution is -0.0221. The molecule has 2 N–H and O–H groups in total. The van der Waals surface area contributed by atoms with E-state index in [2.05, 4.69) is 15.3 Å². The van der Waals surface area contributed by atoms with Gasteiger partial charge in [0, 0.05) is 37.4 Å². The van der Waals surface area contributed by atoms with Crippen molar-refractivity contribution in [1.29, 1.82) is 0 Å². The smallest absolute Gasteiger partial charge is 0.413 e. The number of nitrogens with zero attached hydrogens (tertiary/aromatic N) is 2. The van der Waals surface area contributed by atoms with Gasteiger partial charge in [-0.1, -0.05) is 0 Å². The molecule has 7 nitrogen and oxygen atoms in total. The second kappa shape index (κ2) is 6.79. The Morgan fingerprint density at radius 3 is 2.59 bits per heavy atom. The van der Waals surface area contributed by atoms with E-state index in [0.29, 0.717) is 16.7 Å². The summed E-state index contributed by atoms with van der Waals surface area (Å²) in [7, 11) is 0. The highest BCUT2D eigenvalue weighted by Gasteiger charge is 2.35. The number of fused-ring (bicyclic) bond motifs is 1. The van der Waals surface area contributed by atoms with E-state index in [9.17, 15) is 18.4 Å². The molecule has 3 rings (SSSR count). The molecule has 1 aliphatic heterocycles. The third-order valence-electron chi connectivity index (χ3n) is 4.12. The fourth-order valence-electron chi connectivity index (χ4n) is 2.89. The summed E-state index contributed by atoms with van der Waals surface area (Å²) in [5.74, 6) is -2.13. The summed E-state index contributed by atoms with van der Waals surface area (Å²) in [4.78, 5) is 32.6. The number of anilines is 2. The monoisotopic (exact) mass is 380 g/mol. The Labute approximate surface area is 154 Å². The molecule has 0 bridgehead atoms. The number of aromatic nitrogens is 2. The quantitative estimate of drug-likeness (QED) is 0.833. The first kappa shape index (κ1) is 19.1. The molecule has 146 valence electrons. The molecule has 27 heavy (non-hydrogen) atoms. The molecule has 2 aromatic heterocycles. The fraction of sp³-hybridized carbons (Fsp3) is 0.500. The third kappa shape index (κ3) is 4.72. The Kier molecular flexibility index (Phi) is 4.79. The van der Waals surface area contributed by atoms with Crippen LogP contribution in [0, 0.1) is 0 Å². The molecule has 0 aromatic carbocycles. The average molecular weight is 380 g/mol. The number of ether oxygens (including phenoxy) is 1. The van der Waals surface area contributed by atoms with Gasteiger partial charge in [-0.3, -0.25) is 10.1 Å². The third-order valence-corrected chi connectivity index (χ3v) is 4.12. The van der Waals surface area contributed by atoms with Crippen molar-refractivity contribution < 1.29 is 18.3 Å². The molecule has 1 amide bonds. The van der Waals surface area contributed by atoms with Gasteiger partial charge in [-0.05, 0) is 32.9 Å². The molecule has 0 radical (unpaired) electrons. The first-order valence-electron chi connectivity index (χ1n) is 8.69. The maximum atomic E-state index is 13.5. The Morgan fingerprint density at radius 1 is 1.30 bits per heavy atom. The zero-order valence-electron chi connectivity index (χ0n) is 15.4. The van der Waals surface area contributed by atoms with Crippen molar-refractivity contribution in [3.05, 3.63) is 28.6 Å². The summed E-state index contributed by atoms with van der Waals surface area (Å²) in [5, 5.41) is 3.19. The van der Waals surface area contributed by atoms with Crippen LogP contribution in [0.1, 0.15) is 33.6 Å². The first-order valence-corrected chi connectivity index (χ1v) is 8.69. The van der Waals surface area contributed by atoms with Gasteiger partial charge in [0.05, 0.1) is 5.52 Å². The highest BCUT2D eigenvalue weighted by molar-refractivity contribution is 5.93. The minimum absolute atomic E-state index is 0.0991. The molecule has 2 aromatic rings. The molecule has 0 aliphatic carbocycles. The molecule has 0 unspecified atom stereocenters. The van der Waals surface area contributed by atoms with Crippen molar-refractivity contribution in [2.75, 3.05) is 23.3 Å². The van der Waals surface area contributed by atoms with Crippen molar-refractivity contribution in [2.45, 2.75) is 45.1 Å². The zero-order chi connectivity index (χ0) is 19.8. The number of nitrogens with one attached hydrogen (secondary N) is 2. The Bertz CT molecular complexity index is 911. The number of amides is 1. The largest absolute Gasteiger partial charge is 0.444 e. The number of halogens is 2. The van der Waals surface area contributed by atoms with E-state index in [1.807, 2.05) is 0 Å². The number of carbonyl (C=O) groups excluding carboxylic acids is 1. The van der Waals surface area contributed by atoms with E-state index in [1.165, 1.54) is 6.07 Å². The summed E-state index contributed by atoms with van der Waals surface area (Å²) in [6.45, 7) is 5.42. The van der Waals surface area contributed by atoms with Crippen LogP contribution in [-0.4, -0.2) is 40.7 Å². The number of hydrogen-bond acceptors (Lipinski definition) is 5. The van der Waals surface area contributed by atoms with E-state index in [4.69, 9.17) is 4.74 Å². The summed E-state index contributed by atoms with van der Waals surface area (Å²) in [6.07, 6.45) is -1.26. The van der Waals surface area contributed by atoms with Gasteiger partial charge < -0.3 is 14.6 Å². The van der Waals surface area contributed by atoms with Crippen LogP contribution in [0.5, 0.6) is 0 Å². The standard InChI is InChI=1S/C18H22F2N4O3/c1-17(2,3)27-16(26)22-12-10-11-4-5-13(25)23-14(11)15(21-12)24-8-6-18(19,20)7-9-24/h4-5,10H,6-9H2,1-3H3,(H,23,25)(H,21,22,26). The molecular formula is C18H22F2N4O3. The molecule has 1 fully saturated rings. The van der Waals surface area contributed by atoms with Gasteiger partial charge in [-0.15, -0.1) is 0 Å². The van der Waals surface area contributed by atoms with Crippen LogP contribution in [0.2, 0.25) is 0 Å². The minimum atomic E-state index is -2.70.